The lowest BCUT2D eigenvalue weighted by Crippen LogP contribution is -2.17. The summed E-state index contributed by atoms with van der Waals surface area (Å²) in [5.41, 5.74) is 0.806. The third-order valence-corrected chi connectivity index (χ3v) is 3.74. The Morgan fingerprint density at radius 2 is 1.78 bits per heavy atom. The average Bonchev–Trinajstić information content (AvgIpc) is 2.68. The van der Waals surface area contributed by atoms with E-state index in [2.05, 4.69) is 44.8 Å². The Labute approximate surface area is 159 Å². The number of benzene rings is 2. The van der Waals surface area contributed by atoms with Crippen molar-refractivity contribution in [1.82, 2.24) is 20.1 Å². The van der Waals surface area contributed by atoms with Crippen LogP contribution in [0.25, 0.3) is 0 Å². The minimum Gasteiger partial charge on any atom is -0.455 e. The van der Waals surface area contributed by atoms with Crippen LogP contribution in [0.1, 0.15) is 6.42 Å². The van der Waals surface area contributed by atoms with Crippen molar-refractivity contribution in [1.29, 1.82) is 0 Å². The molecule has 7 nitrogen and oxygen atoms in total. The maximum atomic E-state index is 5.97. The molecular weight excluding hydrogens is 340 g/mol. The maximum Gasteiger partial charge on any atom is 0.244 e. The van der Waals surface area contributed by atoms with E-state index in [0.29, 0.717) is 17.5 Å². The molecule has 1 aromatic heterocycles. The van der Waals surface area contributed by atoms with E-state index in [9.17, 15) is 0 Å². The molecule has 0 spiro atoms. The molecule has 0 saturated heterocycles. The highest BCUT2D eigenvalue weighted by Crippen LogP contribution is 2.30. The summed E-state index contributed by atoms with van der Waals surface area (Å²) in [6.45, 7) is 1.79. The highest BCUT2D eigenvalue weighted by molar-refractivity contribution is 5.64. The molecule has 0 aliphatic heterocycles. The SMILES string of the molecule is CN(C)CCCNc1nncc(Nc2ccccc2Oc2ccccc2)n1. The number of nitrogens with one attached hydrogen (secondary N) is 2. The second kappa shape index (κ2) is 9.49. The van der Waals surface area contributed by atoms with Crippen LogP contribution in [-0.4, -0.2) is 47.3 Å². The molecule has 7 heteroatoms. The number of anilines is 3. The fraction of sp³-hybridized carbons (Fsp3) is 0.250. The number of hydrogen-bond acceptors (Lipinski definition) is 7. The topological polar surface area (TPSA) is 75.2 Å². The quantitative estimate of drug-likeness (QED) is 0.560. The molecule has 3 rings (SSSR count). The van der Waals surface area contributed by atoms with Gasteiger partial charge in [0.05, 0.1) is 11.9 Å². The smallest absolute Gasteiger partial charge is 0.244 e. The summed E-state index contributed by atoms with van der Waals surface area (Å²) in [5.74, 6) is 2.59. The van der Waals surface area contributed by atoms with Crippen molar-refractivity contribution in [3.8, 4) is 11.5 Å². The lowest BCUT2D eigenvalue weighted by atomic mass is 10.3. The van der Waals surface area contributed by atoms with Crippen LogP contribution in [0.4, 0.5) is 17.5 Å². The summed E-state index contributed by atoms with van der Waals surface area (Å²) in [5, 5.41) is 14.5. The highest BCUT2D eigenvalue weighted by atomic mass is 16.5. The van der Waals surface area contributed by atoms with Crippen molar-refractivity contribution in [2.45, 2.75) is 6.42 Å². The Hall–Kier alpha value is -3.19. The second-order valence-electron chi connectivity index (χ2n) is 6.29. The molecule has 1 heterocycles. The van der Waals surface area contributed by atoms with Crippen molar-refractivity contribution in [3.63, 3.8) is 0 Å². The van der Waals surface area contributed by atoms with Gasteiger partial charge in [-0.05, 0) is 51.3 Å². The Morgan fingerprint density at radius 3 is 2.59 bits per heavy atom. The van der Waals surface area contributed by atoms with E-state index < -0.39 is 0 Å². The monoisotopic (exact) mass is 364 g/mol. The standard InChI is InChI=1S/C20H24N6O/c1-26(2)14-8-13-21-20-24-19(15-22-25-20)23-17-11-6-7-12-18(17)27-16-9-4-3-5-10-16/h3-7,9-12,15H,8,13-14H2,1-2H3,(H2,21,23,24,25). The molecule has 0 saturated carbocycles. The van der Waals surface area contributed by atoms with Crippen LogP contribution in [0.15, 0.2) is 60.8 Å². The van der Waals surface area contributed by atoms with Crippen molar-refractivity contribution in [2.75, 3.05) is 37.8 Å². The molecular formula is C20H24N6O. The zero-order valence-corrected chi connectivity index (χ0v) is 15.6. The van der Waals surface area contributed by atoms with Crippen LogP contribution in [-0.2, 0) is 0 Å². The van der Waals surface area contributed by atoms with E-state index in [4.69, 9.17) is 4.74 Å². The van der Waals surface area contributed by atoms with Gasteiger partial charge in [-0.25, -0.2) is 0 Å². The molecule has 0 aliphatic carbocycles. The van der Waals surface area contributed by atoms with Crippen molar-refractivity contribution in [3.05, 3.63) is 60.8 Å². The Balaban J connectivity index is 1.66. The Bertz CT molecular complexity index is 841. The van der Waals surface area contributed by atoms with Gasteiger partial charge in [0.1, 0.15) is 5.75 Å². The first-order chi connectivity index (χ1) is 13.2. The lowest BCUT2D eigenvalue weighted by Gasteiger charge is -2.13. The van der Waals surface area contributed by atoms with Gasteiger partial charge >= 0.3 is 0 Å². The molecule has 2 aromatic carbocycles. The highest BCUT2D eigenvalue weighted by Gasteiger charge is 2.07. The molecule has 0 unspecified atom stereocenters. The predicted molar refractivity (Wildman–Crippen MR) is 108 cm³/mol. The lowest BCUT2D eigenvalue weighted by molar-refractivity contribution is 0.405. The van der Waals surface area contributed by atoms with E-state index in [1.54, 1.807) is 6.20 Å². The average molecular weight is 364 g/mol. The van der Waals surface area contributed by atoms with Crippen LogP contribution in [0.2, 0.25) is 0 Å². The van der Waals surface area contributed by atoms with Crippen molar-refractivity contribution in [2.24, 2.45) is 0 Å². The number of nitrogens with zero attached hydrogens (tertiary/aromatic N) is 4. The van der Waals surface area contributed by atoms with Gasteiger partial charge in [-0.1, -0.05) is 30.3 Å². The van der Waals surface area contributed by atoms with E-state index >= 15 is 0 Å². The molecule has 0 fully saturated rings. The van der Waals surface area contributed by atoms with Crippen LogP contribution in [0, 0.1) is 0 Å². The van der Waals surface area contributed by atoms with Crippen molar-refractivity contribution < 1.29 is 4.74 Å². The number of rotatable bonds is 9. The normalized spacial score (nSPS) is 10.6. The fourth-order valence-electron chi connectivity index (χ4n) is 2.45. The molecule has 0 aliphatic rings. The maximum absolute atomic E-state index is 5.97. The van der Waals surface area contributed by atoms with Gasteiger partial charge in [0, 0.05) is 6.54 Å². The Morgan fingerprint density at radius 1 is 1.00 bits per heavy atom. The van der Waals surface area contributed by atoms with Gasteiger partial charge in [0.25, 0.3) is 0 Å². The van der Waals surface area contributed by atoms with Gasteiger partial charge < -0.3 is 20.3 Å². The summed E-state index contributed by atoms with van der Waals surface area (Å²) in [7, 11) is 4.11. The predicted octanol–water partition coefficient (Wildman–Crippen LogP) is 3.77. The first-order valence-electron chi connectivity index (χ1n) is 8.88. The van der Waals surface area contributed by atoms with Crippen LogP contribution in [0.5, 0.6) is 11.5 Å². The fourth-order valence-corrected chi connectivity index (χ4v) is 2.45. The summed E-state index contributed by atoms with van der Waals surface area (Å²) in [4.78, 5) is 6.61. The number of aromatic nitrogens is 3. The van der Waals surface area contributed by atoms with E-state index in [0.717, 1.165) is 30.9 Å². The number of hydrogen-bond donors (Lipinski definition) is 2. The number of ether oxygens (including phenoxy) is 1. The second-order valence-corrected chi connectivity index (χ2v) is 6.29. The minimum atomic E-state index is 0.500. The van der Waals surface area contributed by atoms with Crippen LogP contribution in [0.3, 0.4) is 0 Å². The van der Waals surface area contributed by atoms with E-state index in [1.807, 2.05) is 54.6 Å². The van der Waals surface area contributed by atoms with Gasteiger partial charge in [-0.2, -0.15) is 10.1 Å². The largest absolute Gasteiger partial charge is 0.455 e. The summed E-state index contributed by atoms with van der Waals surface area (Å²) in [6.07, 6.45) is 2.59. The first-order valence-corrected chi connectivity index (χ1v) is 8.88. The van der Waals surface area contributed by atoms with Crippen LogP contribution < -0.4 is 15.4 Å². The summed E-state index contributed by atoms with van der Waals surface area (Å²) < 4.78 is 5.97. The summed E-state index contributed by atoms with van der Waals surface area (Å²) in [6, 6.07) is 17.4. The minimum absolute atomic E-state index is 0.500. The van der Waals surface area contributed by atoms with E-state index in [1.165, 1.54) is 0 Å². The molecule has 0 radical (unpaired) electrons. The van der Waals surface area contributed by atoms with Crippen molar-refractivity contribution >= 4 is 17.5 Å². The van der Waals surface area contributed by atoms with Crippen LogP contribution >= 0.6 is 0 Å². The molecule has 0 bridgehead atoms. The van der Waals surface area contributed by atoms with Gasteiger partial charge in [0.15, 0.2) is 11.6 Å². The van der Waals surface area contributed by atoms with Gasteiger partial charge in [0.2, 0.25) is 5.95 Å². The molecule has 27 heavy (non-hydrogen) atoms. The first kappa shape index (κ1) is 18.6. The molecule has 140 valence electrons. The molecule has 2 N–H and O–H groups in total. The zero-order valence-electron chi connectivity index (χ0n) is 15.6. The summed E-state index contributed by atoms with van der Waals surface area (Å²) >= 11 is 0. The molecule has 3 aromatic rings. The third kappa shape index (κ3) is 5.93. The van der Waals surface area contributed by atoms with Gasteiger partial charge in [-0.3, -0.25) is 0 Å². The molecule has 0 amide bonds. The molecule has 0 atom stereocenters. The third-order valence-electron chi connectivity index (χ3n) is 3.74. The number of para-hydroxylation sites is 3. The Kier molecular flexibility index (Phi) is 6.54. The van der Waals surface area contributed by atoms with E-state index in [-0.39, 0.29) is 0 Å². The zero-order chi connectivity index (χ0) is 18.9. The van der Waals surface area contributed by atoms with Gasteiger partial charge in [-0.15, -0.1) is 5.10 Å².